The van der Waals surface area contributed by atoms with Gasteiger partial charge in [0, 0.05) is 13.7 Å². The molecule has 1 saturated heterocycles. The minimum Gasteiger partial charge on any atom is -0.383 e. The summed E-state index contributed by atoms with van der Waals surface area (Å²) in [5, 5.41) is 11.3. The van der Waals surface area contributed by atoms with E-state index in [0.717, 1.165) is 42.2 Å². The number of anilines is 2. The van der Waals surface area contributed by atoms with E-state index in [0.29, 0.717) is 26.1 Å². The van der Waals surface area contributed by atoms with Crippen LogP contribution in [0, 0.1) is 0 Å². The summed E-state index contributed by atoms with van der Waals surface area (Å²) >= 11 is 1.63. The molecule has 28 heavy (non-hydrogen) atoms. The van der Waals surface area contributed by atoms with E-state index in [9.17, 15) is 4.79 Å². The Bertz CT molecular complexity index is 852. The lowest BCUT2D eigenvalue weighted by Crippen LogP contribution is -2.62. The number of benzene rings is 1. The maximum Gasteiger partial charge on any atom is 0.227 e. The molecule has 2 aromatic rings. The Morgan fingerprint density at radius 1 is 1.32 bits per heavy atom. The van der Waals surface area contributed by atoms with Crippen LogP contribution in [0.15, 0.2) is 46.1 Å². The fraction of sp³-hybridized carbons (Fsp3) is 0.429. The minimum absolute atomic E-state index is 0.175. The van der Waals surface area contributed by atoms with Gasteiger partial charge >= 0.3 is 0 Å². The number of ether oxygens (including phenoxy) is 1. The first-order chi connectivity index (χ1) is 13.7. The molecular weight excluding hydrogens is 372 g/mol. The Balaban J connectivity index is 1.58. The summed E-state index contributed by atoms with van der Waals surface area (Å²) in [6.45, 7) is 2.57. The molecule has 6 nitrogen and oxygen atoms in total. The number of carbonyl (C=O) groups is 1. The number of para-hydroxylation sites is 2. The summed E-state index contributed by atoms with van der Waals surface area (Å²) < 4.78 is 5.18. The van der Waals surface area contributed by atoms with E-state index < -0.39 is 0 Å². The minimum atomic E-state index is -0.384. The average molecular weight is 399 g/mol. The Kier molecular flexibility index (Phi) is 5.64. The third-order valence-electron chi connectivity index (χ3n) is 5.35. The van der Waals surface area contributed by atoms with Crippen LogP contribution >= 0.6 is 11.3 Å². The van der Waals surface area contributed by atoms with Crippen molar-refractivity contribution in [1.29, 1.82) is 0 Å². The number of carbonyl (C=O) groups excluding carboxylic acids is 1. The molecule has 2 N–H and O–H groups in total. The smallest absolute Gasteiger partial charge is 0.227 e. The van der Waals surface area contributed by atoms with Crippen LogP contribution in [0.25, 0.3) is 0 Å². The second-order valence-electron chi connectivity index (χ2n) is 7.33. The van der Waals surface area contributed by atoms with Gasteiger partial charge in [-0.25, -0.2) is 0 Å². The van der Waals surface area contributed by atoms with E-state index in [1.54, 1.807) is 18.4 Å². The van der Waals surface area contributed by atoms with Crippen molar-refractivity contribution < 1.29 is 9.53 Å². The molecule has 4 rings (SSSR count). The lowest BCUT2D eigenvalue weighted by atomic mass is 9.85. The molecule has 0 bridgehead atoms. The van der Waals surface area contributed by atoms with Crippen molar-refractivity contribution in [2.24, 2.45) is 4.99 Å². The zero-order chi connectivity index (χ0) is 19.4. The molecule has 1 unspecified atom stereocenters. The number of amides is 1. The van der Waals surface area contributed by atoms with Crippen molar-refractivity contribution in [3.63, 3.8) is 0 Å². The molecule has 2 aliphatic heterocycles. The summed E-state index contributed by atoms with van der Waals surface area (Å²) in [6.07, 6.45) is 2.33. The number of hydrogen-bond donors (Lipinski definition) is 2. The predicted molar refractivity (Wildman–Crippen MR) is 114 cm³/mol. The number of nitrogens with one attached hydrogen (secondary N) is 2. The Morgan fingerprint density at radius 3 is 2.96 bits per heavy atom. The van der Waals surface area contributed by atoms with Crippen LogP contribution in [0.5, 0.6) is 0 Å². The third-order valence-corrected chi connectivity index (χ3v) is 6.09. The number of nitrogens with zero attached hydrogens (tertiary/aromatic N) is 2. The highest BCUT2D eigenvalue weighted by Gasteiger charge is 2.44. The van der Waals surface area contributed by atoms with Crippen LogP contribution in [-0.4, -0.2) is 55.5 Å². The van der Waals surface area contributed by atoms with Crippen molar-refractivity contribution in [2.75, 3.05) is 44.0 Å². The number of piperidine rings is 1. The van der Waals surface area contributed by atoms with Crippen molar-refractivity contribution >= 4 is 34.5 Å². The van der Waals surface area contributed by atoms with E-state index in [2.05, 4.69) is 16.7 Å². The standard InChI is InChI=1S/C21H26N4O2S/c1-27-11-9-22-20-21(24-18-6-3-2-5-17(18)23-20)8-4-10-25(15-21)19(26)13-16-7-12-28-14-16/h2-3,5-7,12,14,24H,4,8-11,13,15H2,1H3,(H,22,23). The molecule has 1 aromatic heterocycles. The summed E-state index contributed by atoms with van der Waals surface area (Å²) in [7, 11) is 1.68. The van der Waals surface area contributed by atoms with Crippen molar-refractivity contribution in [3.8, 4) is 0 Å². The normalized spacial score (nSPS) is 22.6. The quantitative estimate of drug-likeness (QED) is 0.759. The zero-order valence-corrected chi connectivity index (χ0v) is 16.9. The molecule has 0 radical (unpaired) electrons. The molecule has 1 spiro atoms. The third kappa shape index (κ3) is 3.91. The Hall–Kier alpha value is -2.38. The summed E-state index contributed by atoms with van der Waals surface area (Å²) in [5.74, 6) is 1.07. The number of methoxy groups -OCH3 is 1. The maximum absolute atomic E-state index is 12.9. The average Bonchev–Trinajstić information content (AvgIpc) is 3.22. The zero-order valence-electron chi connectivity index (χ0n) is 16.1. The van der Waals surface area contributed by atoms with Crippen LogP contribution in [0.2, 0.25) is 0 Å². The number of amidine groups is 1. The van der Waals surface area contributed by atoms with Gasteiger partial charge in [-0.05, 0) is 47.4 Å². The van der Waals surface area contributed by atoms with Gasteiger partial charge in [-0.3, -0.25) is 9.79 Å². The lowest BCUT2D eigenvalue weighted by Gasteiger charge is -2.47. The molecule has 3 heterocycles. The number of hydrogen-bond acceptors (Lipinski definition) is 5. The molecule has 1 fully saturated rings. The second kappa shape index (κ2) is 8.32. The van der Waals surface area contributed by atoms with E-state index in [-0.39, 0.29) is 11.4 Å². The van der Waals surface area contributed by atoms with Crippen LogP contribution in [-0.2, 0) is 16.0 Å². The molecular formula is C21H26N4O2S. The highest BCUT2D eigenvalue weighted by atomic mass is 32.1. The first-order valence-corrected chi connectivity index (χ1v) is 10.6. The van der Waals surface area contributed by atoms with Gasteiger partial charge in [0.25, 0.3) is 0 Å². The monoisotopic (exact) mass is 398 g/mol. The number of likely N-dealkylation sites (tertiary alicyclic amines) is 1. The predicted octanol–water partition coefficient (Wildman–Crippen LogP) is 3.23. The molecule has 0 aliphatic carbocycles. The maximum atomic E-state index is 12.9. The molecule has 148 valence electrons. The summed E-state index contributed by atoms with van der Waals surface area (Å²) in [5.41, 5.74) is 2.78. The van der Waals surface area contributed by atoms with Crippen molar-refractivity contribution in [3.05, 3.63) is 46.7 Å². The number of fused-ring (bicyclic) bond motifs is 1. The van der Waals surface area contributed by atoms with Crippen LogP contribution < -0.4 is 10.6 Å². The van der Waals surface area contributed by atoms with E-state index in [4.69, 9.17) is 9.73 Å². The van der Waals surface area contributed by atoms with E-state index >= 15 is 0 Å². The largest absolute Gasteiger partial charge is 0.383 e. The van der Waals surface area contributed by atoms with Crippen molar-refractivity contribution in [1.82, 2.24) is 4.90 Å². The first-order valence-electron chi connectivity index (χ1n) is 9.67. The fourth-order valence-electron chi connectivity index (χ4n) is 3.95. The van der Waals surface area contributed by atoms with Gasteiger partial charge < -0.3 is 20.3 Å². The van der Waals surface area contributed by atoms with Gasteiger partial charge in [0.1, 0.15) is 11.4 Å². The first kappa shape index (κ1) is 19.0. The number of thiophene rings is 1. The van der Waals surface area contributed by atoms with E-state index in [1.807, 2.05) is 39.9 Å². The molecule has 0 saturated carbocycles. The van der Waals surface area contributed by atoms with Gasteiger partial charge in [0.15, 0.2) is 0 Å². The summed E-state index contributed by atoms with van der Waals surface area (Å²) in [6, 6.07) is 10.2. The fourth-order valence-corrected chi connectivity index (χ4v) is 4.62. The van der Waals surface area contributed by atoms with Gasteiger partial charge in [-0.15, -0.1) is 0 Å². The highest BCUT2D eigenvalue weighted by Crippen LogP contribution is 2.36. The molecule has 7 heteroatoms. The van der Waals surface area contributed by atoms with Gasteiger partial charge in [-0.2, -0.15) is 11.3 Å². The Morgan fingerprint density at radius 2 is 2.18 bits per heavy atom. The van der Waals surface area contributed by atoms with Crippen LogP contribution in [0.3, 0.4) is 0 Å². The van der Waals surface area contributed by atoms with Gasteiger partial charge in [0.2, 0.25) is 5.91 Å². The number of rotatable bonds is 5. The number of aliphatic imine (C=N–C) groups is 1. The second-order valence-corrected chi connectivity index (χ2v) is 8.11. The highest BCUT2D eigenvalue weighted by molar-refractivity contribution is 7.08. The molecule has 2 aliphatic rings. The van der Waals surface area contributed by atoms with Gasteiger partial charge in [-0.1, -0.05) is 12.1 Å². The molecule has 1 amide bonds. The SMILES string of the molecule is COCCN=C1Nc2ccccc2NC12CCCN(C(=O)Cc1ccsc1)C2. The Labute approximate surface area is 169 Å². The summed E-state index contributed by atoms with van der Waals surface area (Å²) in [4.78, 5) is 19.7. The van der Waals surface area contributed by atoms with Crippen LogP contribution in [0.4, 0.5) is 11.4 Å². The topological polar surface area (TPSA) is 66.0 Å². The van der Waals surface area contributed by atoms with Crippen LogP contribution in [0.1, 0.15) is 18.4 Å². The van der Waals surface area contributed by atoms with Gasteiger partial charge in [0.05, 0.1) is 37.5 Å². The van der Waals surface area contributed by atoms with Crippen molar-refractivity contribution in [2.45, 2.75) is 24.8 Å². The molecule has 1 aromatic carbocycles. The molecule has 1 atom stereocenters. The lowest BCUT2D eigenvalue weighted by molar-refractivity contribution is -0.131. The van der Waals surface area contributed by atoms with E-state index in [1.165, 1.54) is 0 Å².